The SMILES string of the molecule is CCN1CCC(N(C)c2ccc(C(=O)O)c(Br)c2)CC1. The number of benzene rings is 1. The van der Waals surface area contributed by atoms with Crippen molar-refractivity contribution in [3.63, 3.8) is 0 Å². The molecule has 2 rings (SSSR count). The molecule has 1 aliphatic heterocycles. The lowest BCUT2D eigenvalue weighted by Crippen LogP contribution is -2.43. The van der Waals surface area contributed by atoms with Gasteiger partial charge < -0.3 is 14.9 Å². The average molecular weight is 341 g/mol. The third-order valence-corrected chi connectivity index (χ3v) is 4.80. The van der Waals surface area contributed by atoms with Crippen LogP contribution in [-0.4, -0.2) is 48.7 Å². The number of carboxylic acids is 1. The Morgan fingerprint density at radius 2 is 2.10 bits per heavy atom. The maximum Gasteiger partial charge on any atom is 0.336 e. The summed E-state index contributed by atoms with van der Waals surface area (Å²) >= 11 is 3.35. The number of hydrogen-bond donors (Lipinski definition) is 1. The first-order valence-electron chi connectivity index (χ1n) is 7.01. The molecule has 0 unspecified atom stereocenters. The number of hydrogen-bond acceptors (Lipinski definition) is 3. The molecule has 1 aliphatic rings. The van der Waals surface area contributed by atoms with E-state index in [2.05, 4.69) is 39.7 Å². The molecule has 0 atom stereocenters. The first-order chi connectivity index (χ1) is 9.52. The zero-order chi connectivity index (χ0) is 14.7. The molecule has 1 heterocycles. The number of rotatable bonds is 4. The van der Waals surface area contributed by atoms with Gasteiger partial charge in [0, 0.05) is 36.3 Å². The Morgan fingerprint density at radius 3 is 2.60 bits per heavy atom. The zero-order valence-corrected chi connectivity index (χ0v) is 13.6. The summed E-state index contributed by atoms with van der Waals surface area (Å²) in [5.41, 5.74) is 1.37. The molecule has 0 bridgehead atoms. The molecule has 0 radical (unpaired) electrons. The van der Waals surface area contributed by atoms with Crippen LogP contribution >= 0.6 is 15.9 Å². The molecule has 0 aromatic heterocycles. The van der Waals surface area contributed by atoms with E-state index in [9.17, 15) is 4.79 Å². The minimum absolute atomic E-state index is 0.308. The molecule has 1 N–H and O–H groups in total. The molecule has 1 aromatic carbocycles. The second-order valence-electron chi connectivity index (χ2n) is 5.25. The normalized spacial score (nSPS) is 17.1. The van der Waals surface area contributed by atoms with Gasteiger partial charge in [-0.05, 0) is 53.5 Å². The number of carbonyl (C=O) groups is 1. The van der Waals surface area contributed by atoms with Gasteiger partial charge in [0.25, 0.3) is 0 Å². The molecular weight excluding hydrogens is 320 g/mol. The minimum Gasteiger partial charge on any atom is -0.478 e. The quantitative estimate of drug-likeness (QED) is 0.914. The molecule has 1 saturated heterocycles. The first kappa shape index (κ1) is 15.3. The third-order valence-electron chi connectivity index (χ3n) is 4.14. The molecule has 110 valence electrons. The van der Waals surface area contributed by atoms with Crippen LogP contribution in [0.3, 0.4) is 0 Å². The van der Waals surface area contributed by atoms with E-state index in [1.54, 1.807) is 6.07 Å². The molecule has 1 aromatic rings. The molecule has 1 fully saturated rings. The van der Waals surface area contributed by atoms with Crippen molar-refractivity contribution in [2.75, 3.05) is 31.6 Å². The predicted octanol–water partition coefficient (Wildman–Crippen LogP) is 3.07. The molecule has 0 amide bonds. The number of nitrogens with zero attached hydrogens (tertiary/aromatic N) is 2. The number of likely N-dealkylation sites (tertiary alicyclic amines) is 1. The number of carboxylic acid groups (broad SMARTS) is 1. The van der Waals surface area contributed by atoms with Crippen LogP contribution in [0.2, 0.25) is 0 Å². The Bertz CT molecular complexity index is 485. The van der Waals surface area contributed by atoms with Crippen molar-refractivity contribution >= 4 is 27.6 Å². The van der Waals surface area contributed by atoms with Gasteiger partial charge in [-0.1, -0.05) is 6.92 Å². The fourth-order valence-electron chi connectivity index (χ4n) is 2.73. The lowest BCUT2D eigenvalue weighted by Gasteiger charge is -2.37. The van der Waals surface area contributed by atoms with Crippen LogP contribution in [0.5, 0.6) is 0 Å². The van der Waals surface area contributed by atoms with Crippen LogP contribution in [0, 0.1) is 0 Å². The Morgan fingerprint density at radius 1 is 1.45 bits per heavy atom. The van der Waals surface area contributed by atoms with Gasteiger partial charge >= 0.3 is 5.97 Å². The van der Waals surface area contributed by atoms with Gasteiger partial charge in [-0.25, -0.2) is 4.79 Å². The van der Waals surface area contributed by atoms with Gasteiger partial charge in [-0.2, -0.15) is 0 Å². The van der Waals surface area contributed by atoms with E-state index < -0.39 is 5.97 Å². The van der Waals surface area contributed by atoms with E-state index in [0.717, 1.165) is 38.2 Å². The van der Waals surface area contributed by atoms with Gasteiger partial charge in [0.15, 0.2) is 0 Å². The summed E-state index contributed by atoms with van der Waals surface area (Å²) < 4.78 is 0.639. The smallest absolute Gasteiger partial charge is 0.336 e. The number of anilines is 1. The summed E-state index contributed by atoms with van der Waals surface area (Å²) in [5.74, 6) is -0.901. The van der Waals surface area contributed by atoms with Crippen molar-refractivity contribution in [2.24, 2.45) is 0 Å². The topological polar surface area (TPSA) is 43.8 Å². The van der Waals surface area contributed by atoms with Gasteiger partial charge in [-0.15, -0.1) is 0 Å². The zero-order valence-electron chi connectivity index (χ0n) is 12.0. The fraction of sp³-hybridized carbons (Fsp3) is 0.533. The van der Waals surface area contributed by atoms with E-state index >= 15 is 0 Å². The summed E-state index contributed by atoms with van der Waals surface area (Å²) in [6.07, 6.45) is 2.31. The van der Waals surface area contributed by atoms with Crippen molar-refractivity contribution in [3.8, 4) is 0 Å². The molecule has 20 heavy (non-hydrogen) atoms. The van der Waals surface area contributed by atoms with E-state index in [1.807, 2.05) is 12.1 Å². The molecule has 0 saturated carbocycles. The molecule has 0 aliphatic carbocycles. The highest BCUT2D eigenvalue weighted by Crippen LogP contribution is 2.27. The van der Waals surface area contributed by atoms with Crippen molar-refractivity contribution in [1.29, 1.82) is 0 Å². The monoisotopic (exact) mass is 340 g/mol. The molecule has 0 spiro atoms. The minimum atomic E-state index is -0.901. The third kappa shape index (κ3) is 3.33. The summed E-state index contributed by atoms with van der Waals surface area (Å²) in [7, 11) is 2.09. The summed E-state index contributed by atoms with van der Waals surface area (Å²) in [6, 6.07) is 5.98. The molecular formula is C15H21BrN2O2. The Hall–Kier alpha value is -1.07. The predicted molar refractivity (Wildman–Crippen MR) is 84.6 cm³/mol. The van der Waals surface area contributed by atoms with Crippen LogP contribution in [0.15, 0.2) is 22.7 Å². The fourth-order valence-corrected chi connectivity index (χ4v) is 3.27. The van der Waals surface area contributed by atoms with Crippen LogP contribution in [-0.2, 0) is 0 Å². The summed E-state index contributed by atoms with van der Waals surface area (Å²) in [6.45, 7) is 5.60. The molecule has 5 heteroatoms. The van der Waals surface area contributed by atoms with Crippen LogP contribution in [0.4, 0.5) is 5.69 Å². The van der Waals surface area contributed by atoms with Gasteiger partial charge in [-0.3, -0.25) is 0 Å². The average Bonchev–Trinajstić information content (AvgIpc) is 2.46. The van der Waals surface area contributed by atoms with E-state index in [1.165, 1.54) is 0 Å². The molecule has 4 nitrogen and oxygen atoms in total. The second kappa shape index (κ2) is 6.59. The first-order valence-corrected chi connectivity index (χ1v) is 7.80. The lowest BCUT2D eigenvalue weighted by molar-refractivity contribution is 0.0696. The van der Waals surface area contributed by atoms with Crippen LogP contribution in [0.25, 0.3) is 0 Å². The van der Waals surface area contributed by atoms with Crippen molar-refractivity contribution in [1.82, 2.24) is 4.90 Å². The Kier molecular flexibility index (Phi) is 5.05. The van der Waals surface area contributed by atoms with Crippen LogP contribution < -0.4 is 4.90 Å². The summed E-state index contributed by atoms with van der Waals surface area (Å²) in [5, 5.41) is 9.05. The van der Waals surface area contributed by atoms with E-state index in [-0.39, 0.29) is 0 Å². The van der Waals surface area contributed by atoms with E-state index in [0.29, 0.717) is 16.1 Å². The van der Waals surface area contributed by atoms with Crippen molar-refractivity contribution < 1.29 is 9.90 Å². The second-order valence-corrected chi connectivity index (χ2v) is 6.10. The van der Waals surface area contributed by atoms with Gasteiger partial charge in [0.05, 0.1) is 5.56 Å². The Labute approximate surface area is 128 Å². The Balaban J connectivity index is 2.08. The maximum absolute atomic E-state index is 11.0. The van der Waals surface area contributed by atoms with Gasteiger partial charge in [0.1, 0.15) is 0 Å². The largest absolute Gasteiger partial charge is 0.478 e. The highest BCUT2D eigenvalue weighted by molar-refractivity contribution is 9.10. The van der Waals surface area contributed by atoms with Crippen LogP contribution in [0.1, 0.15) is 30.1 Å². The van der Waals surface area contributed by atoms with Gasteiger partial charge in [0.2, 0.25) is 0 Å². The maximum atomic E-state index is 11.0. The summed E-state index contributed by atoms with van der Waals surface area (Å²) in [4.78, 5) is 15.8. The lowest BCUT2D eigenvalue weighted by atomic mass is 10.0. The van der Waals surface area contributed by atoms with Crippen molar-refractivity contribution in [2.45, 2.75) is 25.8 Å². The standard InChI is InChI=1S/C15H21BrN2O2/c1-3-18-8-6-11(7-9-18)17(2)12-4-5-13(15(19)20)14(16)10-12/h4-5,10-11H,3,6-9H2,1-2H3,(H,19,20). The van der Waals surface area contributed by atoms with Crippen molar-refractivity contribution in [3.05, 3.63) is 28.2 Å². The number of halogens is 1. The number of aromatic carboxylic acids is 1. The highest BCUT2D eigenvalue weighted by atomic mass is 79.9. The highest BCUT2D eigenvalue weighted by Gasteiger charge is 2.22. The number of piperidine rings is 1. The van der Waals surface area contributed by atoms with E-state index in [4.69, 9.17) is 5.11 Å².